The molecule has 38 heavy (non-hydrogen) atoms. The second-order valence-electron chi connectivity index (χ2n) is 9.06. The van der Waals surface area contributed by atoms with E-state index < -0.39 is 23.0 Å². The highest BCUT2D eigenvalue weighted by molar-refractivity contribution is 9.10. The van der Waals surface area contributed by atoms with E-state index in [-0.39, 0.29) is 23.2 Å². The fourth-order valence-corrected chi connectivity index (χ4v) is 5.71. The molecule has 0 unspecified atom stereocenters. The summed E-state index contributed by atoms with van der Waals surface area (Å²) in [4.78, 5) is 38.2. The number of thioether (sulfide) groups is 1. The van der Waals surface area contributed by atoms with Crippen molar-refractivity contribution < 1.29 is 19.5 Å². The van der Waals surface area contributed by atoms with Crippen molar-refractivity contribution in [2.24, 2.45) is 5.10 Å². The lowest BCUT2D eigenvalue weighted by molar-refractivity contribution is -0.121. The van der Waals surface area contributed by atoms with Gasteiger partial charge in [-0.1, -0.05) is 69.7 Å². The number of carbonyl (C=O) groups excluding carboxylic acids is 2. The molecule has 2 heterocycles. The van der Waals surface area contributed by atoms with Crippen LogP contribution in [-0.4, -0.2) is 44.0 Å². The van der Waals surface area contributed by atoms with Gasteiger partial charge < -0.3 is 5.11 Å². The second-order valence-corrected chi connectivity index (χ2v) is 11.2. The molecule has 0 bridgehead atoms. The van der Waals surface area contributed by atoms with E-state index in [1.165, 1.54) is 24.3 Å². The van der Waals surface area contributed by atoms with E-state index in [2.05, 4.69) is 15.9 Å². The van der Waals surface area contributed by atoms with Gasteiger partial charge in [0, 0.05) is 17.3 Å². The van der Waals surface area contributed by atoms with E-state index in [9.17, 15) is 14.4 Å². The average Bonchev–Trinajstić information content (AvgIpc) is 3.46. The summed E-state index contributed by atoms with van der Waals surface area (Å²) >= 11 is 4.48. The SMILES string of the molecule is Cc1ccc(C2=NN(C(=N)S[C@H]3CC(=O)N(c4ccc(C(=O)O)cc4)C3=O)[C@@H](c3ccc(Br)cc3)C2)cc1. The highest BCUT2D eigenvalue weighted by Crippen LogP contribution is 2.38. The summed E-state index contributed by atoms with van der Waals surface area (Å²) in [6.45, 7) is 2.02. The minimum absolute atomic E-state index is 0.0577. The number of carbonyl (C=O) groups is 3. The maximum atomic E-state index is 13.2. The van der Waals surface area contributed by atoms with E-state index in [0.29, 0.717) is 12.1 Å². The molecule has 2 amide bonds. The Hall–Kier alpha value is -3.76. The van der Waals surface area contributed by atoms with Gasteiger partial charge in [0.1, 0.15) is 5.25 Å². The van der Waals surface area contributed by atoms with E-state index >= 15 is 0 Å². The zero-order valence-electron chi connectivity index (χ0n) is 20.3. The first kappa shape index (κ1) is 25.9. The molecular weight excluding hydrogens is 568 g/mol. The van der Waals surface area contributed by atoms with Crippen LogP contribution in [0.4, 0.5) is 5.69 Å². The van der Waals surface area contributed by atoms with Crippen molar-refractivity contribution in [3.8, 4) is 0 Å². The molecule has 0 spiro atoms. The Morgan fingerprint density at radius 1 is 1.00 bits per heavy atom. The van der Waals surface area contributed by atoms with E-state index in [1.807, 2.05) is 55.5 Å². The van der Waals surface area contributed by atoms with Gasteiger partial charge >= 0.3 is 5.97 Å². The molecule has 2 atom stereocenters. The van der Waals surface area contributed by atoms with Gasteiger partial charge in [0.15, 0.2) is 5.17 Å². The van der Waals surface area contributed by atoms with Gasteiger partial charge in [0.05, 0.1) is 23.0 Å². The van der Waals surface area contributed by atoms with Crippen molar-refractivity contribution in [2.75, 3.05) is 4.90 Å². The molecule has 0 aromatic heterocycles. The number of anilines is 1. The molecule has 0 saturated carbocycles. The summed E-state index contributed by atoms with van der Waals surface area (Å²) in [6.07, 6.45) is 0.533. The van der Waals surface area contributed by atoms with E-state index in [0.717, 1.165) is 43.5 Å². The molecular formula is C28H23BrN4O4S. The Kier molecular flexibility index (Phi) is 7.18. The number of hydrogen-bond donors (Lipinski definition) is 2. The first-order valence-electron chi connectivity index (χ1n) is 11.9. The molecule has 1 fully saturated rings. The number of amidine groups is 1. The summed E-state index contributed by atoms with van der Waals surface area (Å²) in [7, 11) is 0. The minimum atomic E-state index is -1.09. The predicted octanol–water partition coefficient (Wildman–Crippen LogP) is 5.61. The van der Waals surface area contributed by atoms with Gasteiger partial charge in [-0.25, -0.2) is 14.7 Å². The van der Waals surface area contributed by atoms with Crippen LogP contribution in [0.25, 0.3) is 0 Å². The normalized spacial score (nSPS) is 19.2. The molecule has 10 heteroatoms. The number of aromatic carboxylic acids is 1. The molecule has 5 rings (SSSR count). The standard InChI is InChI=1S/C28H23BrN4O4S/c1-16-2-4-17(5-3-16)22-14-23(18-6-10-20(29)11-7-18)33(31-22)28(30)38-24-15-25(34)32(26(24)35)21-12-8-19(9-13-21)27(36)37/h2-13,23-24,30H,14-15H2,1H3,(H,36,37)/t23-,24+/m1/s1. The Balaban J connectivity index is 1.38. The number of carboxylic acids is 1. The van der Waals surface area contributed by atoms with Crippen molar-refractivity contribution in [1.29, 1.82) is 5.41 Å². The molecule has 3 aromatic rings. The Morgan fingerprint density at radius 3 is 2.29 bits per heavy atom. The fraction of sp³-hybridized carbons (Fsp3) is 0.179. The van der Waals surface area contributed by atoms with Gasteiger partial charge in [-0.3, -0.25) is 15.0 Å². The van der Waals surface area contributed by atoms with Gasteiger partial charge in [-0.2, -0.15) is 5.10 Å². The summed E-state index contributed by atoms with van der Waals surface area (Å²) in [5.41, 5.74) is 4.32. The predicted molar refractivity (Wildman–Crippen MR) is 151 cm³/mol. The molecule has 3 aromatic carbocycles. The molecule has 2 aliphatic rings. The number of nitrogens with one attached hydrogen (secondary N) is 1. The van der Waals surface area contributed by atoms with Gasteiger partial charge in [0.2, 0.25) is 11.8 Å². The van der Waals surface area contributed by atoms with Crippen LogP contribution < -0.4 is 4.90 Å². The lowest BCUT2D eigenvalue weighted by Gasteiger charge is -2.24. The van der Waals surface area contributed by atoms with Crippen LogP contribution >= 0.6 is 27.7 Å². The van der Waals surface area contributed by atoms with Crippen LogP contribution in [0.15, 0.2) is 82.4 Å². The van der Waals surface area contributed by atoms with Crippen molar-refractivity contribution in [3.63, 3.8) is 0 Å². The number of hydrazone groups is 1. The zero-order chi connectivity index (χ0) is 27.0. The molecule has 192 valence electrons. The number of nitrogens with zero attached hydrogens (tertiary/aromatic N) is 3. The van der Waals surface area contributed by atoms with Crippen molar-refractivity contribution in [1.82, 2.24) is 5.01 Å². The third-order valence-electron chi connectivity index (χ3n) is 6.49. The maximum absolute atomic E-state index is 13.2. The molecule has 0 aliphatic carbocycles. The van der Waals surface area contributed by atoms with E-state index in [4.69, 9.17) is 15.6 Å². The second kappa shape index (κ2) is 10.5. The Morgan fingerprint density at radius 2 is 1.66 bits per heavy atom. The quantitative estimate of drug-likeness (QED) is 0.227. The lowest BCUT2D eigenvalue weighted by atomic mass is 9.98. The monoisotopic (exact) mass is 590 g/mol. The van der Waals surface area contributed by atoms with Crippen LogP contribution in [0.5, 0.6) is 0 Å². The smallest absolute Gasteiger partial charge is 0.335 e. The number of aryl methyl sites for hydroxylation is 1. The number of amides is 2. The first-order valence-corrected chi connectivity index (χ1v) is 13.5. The zero-order valence-corrected chi connectivity index (χ0v) is 22.7. The molecule has 1 saturated heterocycles. The highest BCUT2D eigenvalue weighted by atomic mass is 79.9. The Labute approximate surface area is 232 Å². The van der Waals surface area contributed by atoms with Gasteiger partial charge in [-0.05, 0) is 54.4 Å². The molecule has 2 aliphatic heterocycles. The third kappa shape index (κ3) is 5.14. The topological polar surface area (TPSA) is 114 Å². The maximum Gasteiger partial charge on any atom is 0.335 e. The number of imide groups is 1. The molecule has 0 radical (unpaired) electrons. The number of rotatable bonds is 5. The number of carboxylic acid groups (broad SMARTS) is 1. The van der Waals surface area contributed by atoms with Gasteiger partial charge in [0.25, 0.3) is 0 Å². The molecule has 2 N–H and O–H groups in total. The van der Waals surface area contributed by atoms with Crippen molar-refractivity contribution in [3.05, 3.63) is 99.5 Å². The van der Waals surface area contributed by atoms with Crippen LogP contribution in [-0.2, 0) is 9.59 Å². The summed E-state index contributed by atoms with van der Waals surface area (Å²) < 4.78 is 0.946. The van der Waals surface area contributed by atoms with Crippen molar-refractivity contribution in [2.45, 2.75) is 31.1 Å². The first-order chi connectivity index (χ1) is 18.2. The Bertz CT molecular complexity index is 1460. The third-order valence-corrected chi connectivity index (χ3v) is 8.08. The number of hydrogen-bond acceptors (Lipinski definition) is 6. The van der Waals surface area contributed by atoms with Crippen LogP contribution in [0, 0.1) is 12.3 Å². The van der Waals surface area contributed by atoms with Crippen LogP contribution in [0.3, 0.4) is 0 Å². The van der Waals surface area contributed by atoms with E-state index in [1.54, 1.807) is 5.01 Å². The largest absolute Gasteiger partial charge is 0.478 e. The van der Waals surface area contributed by atoms with Crippen LogP contribution in [0.1, 0.15) is 45.9 Å². The van der Waals surface area contributed by atoms with Crippen molar-refractivity contribution >= 4 is 62.0 Å². The number of benzene rings is 3. The molecule has 8 nitrogen and oxygen atoms in total. The number of halogens is 1. The lowest BCUT2D eigenvalue weighted by Crippen LogP contribution is -2.32. The minimum Gasteiger partial charge on any atom is -0.478 e. The van der Waals surface area contributed by atoms with Gasteiger partial charge in [-0.15, -0.1) is 0 Å². The fourth-order valence-electron chi connectivity index (χ4n) is 4.47. The highest BCUT2D eigenvalue weighted by Gasteiger charge is 2.42. The average molecular weight is 591 g/mol. The summed E-state index contributed by atoms with van der Waals surface area (Å²) in [5, 5.41) is 23.7. The summed E-state index contributed by atoms with van der Waals surface area (Å²) in [6, 6.07) is 21.3. The summed E-state index contributed by atoms with van der Waals surface area (Å²) in [5.74, 6) is -1.91. The van der Waals surface area contributed by atoms with Crippen LogP contribution in [0.2, 0.25) is 0 Å².